The van der Waals surface area contributed by atoms with Crippen molar-refractivity contribution in [3.63, 3.8) is 0 Å². The van der Waals surface area contributed by atoms with Gasteiger partial charge in [0.2, 0.25) is 0 Å². The lowest BCUT2D eigenvalue weighted by Crippen LogP contribution is -2.12. The highest BCUT2D eigenvalue weighted by atomic mass is 79.9. The van der Waals surface area contributed by atoms with Gasteiger partial charge in [-0.05, 0) is 28.1 Å². The summed E-state index contributed by atoms with van der Waals surface area (Å²) in [7, 11) is 0. The van der Waals surface area contributed by atoms with E-state index in [0.717, 1.165) is 4.47 Å². The van der Waals surface area contributed by atoms with Gasteiger partial charge in [0.1, 0.15) is 0 Å². The van der Waals surface area contributed by atoms with E-state index < -0.39 is 0 Å². The van der Waals surface area contributed by atoms with Gasteiger partial charge in [-0.3, -0.25) is 9.52 Å². The Bertz CT molecular complexity index is 277. The number of carbonyl (C=O) groups excluding carboxylic acids is 1. The van der Waals surface area contributed by atoms with E-state index in [9.17, 15) is 4.79 Å². The summed E-state index contributed by atoms with van der Waals surface area (Å²) < 4.78 is 3.02. The van der Waals surface area contributed by atoms with Crippen molar-refractivity contribution in [3.05, 3.63) is 34.3 Å². The van der Waals surface area contributed by atoms with E-state index in [4.69, 9.17) is 0 Å². The molecule has 0 saturated carbocycles. The highest BCUT2D eigenvalue weighted by Gasteiger charge is 2.05. The molecule has 0 atom stereocenters. The van der Waals surface area contributed by atoms with Crippen LogP contribution in [0.4, 0.5) is 0 Å². The molecule has 1 N–H and O–H groups in total. The lowest BCUT2D eigenvalue weighted by atomic mass is 10.2. The van der Waals surface area contributed by atoms with Crippen LogP contribution in [-0.2, 0) is 0 Å². The number of halogens is 1. The Kier molecular flexibility index (Phi) is 2.96. The number of amides is 1. The van der Waals surface area contributed by atoms with E-state index in [-0.39, 0.29) is 5.91 Å². The number of thiol groups is 1. The molecule has 58 valence electrons. The standard InChI is InChI=1S/C7H6BrNOS/c8-6-4-2-1-3-5(6)7(10)9-11/h1-4,11H,(H,9,10). The van der Waals surface area contributed by atoms with Crippen LogP contribution in [0.15, 0.2) is 28.7 Å². The predicted molar refractivity (Wildman–Crippen MR) is 50.6 cm³/mol. The maximum atomic E-state index is 11.0. The molecular weight excluding hydrogens is 226 g/mol. The van der Waals surface area contributed by atoms with Crippen molar-refractivity contribution in [1.29, 1.82) is 0 Å². The molecule has 11 heavy (non-hydrogen) atoms. The summed E-state index contributed by atoms with van der Waals surface area (Å²) in [5.41, 5.74) is 0.586. The maximum Gasteiger partial charge on any atom is 0.262 e. The first-order valence-electron chi connectivity index (χ1n) is 2.94. The Morgan fingerprint density at radius 2 is 2.09 bits per heavy atom. The van der Waals surface area contributed by atoms with E-state index in [2.05, 4.69) is 33.5 Å². The molecule has 0 aromatic heterocycles. The second-order valence-electron chi connectivity index (χ2n) is 1.92. The van der Waals surface area contributed by atoms with Gasteiger partial charge < -0.3 is 0 Å². The summed E-state index contributed by atoms with van der Waals surface area (Å²) in [6.07, 6.45) is 0. The SMILES string of the molecule is O=C(NS)c1ccccc1Br. The van der Waals surface area contributed by atoms with Crippen LogP contribution in [0.3, 0.4) is 0 Å². The molecule has 0 spiro atoms. The van der Waals surface area contributed by atoms with Crippen LogP contribution in [-0.4, -0.2) is 5.91 Å². The molecule has 0 aliphatic heterocycles. The Labute approximate surface area is 78.7 Å². The quantitative estimate of drug-likeness (QED) is 0.712. The van der Waals surface area contributed by atoms with E-state index in [1.54, 1.807) is 18.2 Å². The molecule has 0 heterocycles. The van der Waals surface area contributed by atoms with Gasteiger partial charge >= 0.3 is 0 Å². The smallest absolute Gasteiger partial charge is 0.262 e. The van der Waals surface area contributed by atoms with Gasteiger partial charge in [-0.15, -0.1) is 0 Å². The Morgan fingerprint density at radius 3 is 2.64 bits per heavy atom. The van der Waals surface area contributed by atoms with Crippen molar-refractivity contribution in [2.75, 3.05) is 0 Å². The van der Waals surface area contributed by atoms with Gasteiger partial charge in [-0.2, -0.15) is 0 Å². The minimum absolute atomic E-state index is 0.208. The average Bonchev–Trinajstić information content (AvgIpc) is 2.04. The van der Waals surface area contributed by atoms with E-state index >= 15 is 0 Å². The van der Waals surface area contributed by atoms with Crippen molar-refractivity contribution in [3.8, 4) is 0 Å². The molecule has 0 aliphatic carbocycles. The highest BCUT2D eigenvalue weighted by molar-refractivity contribution is 9.10. The van der Waals surface area contributed by atoms with Crippen LogP contribution < -0.4 is 4.72 Å². The third-order valence-electron chi connectivity index (χ3n) is 1.22. The first-order chi connectivity index (χ1) is 5.25. The highest BCUT2D eigenvalue weighted by Crippen LogP contribution is 2.15. The first kappa shape index (κ1) is 8.62. The molecule has 2 nitrogen and oxygen atoms in total. The molecule has 4 heteroatoms. The number of hydrogen-bond acceptors (Lipinski definition) is 2. The Morgan fingerprint density at radius 1 is 1.45 bits per heavy atom. The monoisotopic (exact) mass is 231 g/mol. The van der Waals surface area contributed by atoms with Crippen molar-refractivity contribution in [2.24, 2.45) is 0 Å². The third-order valence-corrected chi connectivity index (χ3v) is 2.11. The number of rotatable bonds is 1. The second kappa shape index (κ2) is 3.78. The van der Waals surface area contributed by atoms with Crippen molar-refractivity contribution in [1.82, 2.24) is 4.72 Å². The van der Waals surface area contributed by atoms with Crippen LogP contribution in [0.1, 0.15) is 10.4 Å². The molecule has 1 rings (SSSR count). The summed E-state index contributed by atoms with van der Waals surface area (Å²) in [5.74, 6) is -0.208. The van der Waals surface area contributed by atoms with Crippen LogP contribution in [0.2, 0.25) is 0 Å². The fourth-order valence-corrected chi connectivity index (χ4v) is 1.29. The van der Waals surface area contributed by atoms with Crippen LogP contribution in [0.5, 0.6) is 0 Å². The minimum atomic E-state index is -0.208. The van der Waals surface area contributed by atoms with Gasteiger partial charge in [0.05, 0.1) is 5.56 Å². The molecule has 1 aromatic rings. The summed E-state index contributed by atoms with van der Waals surface area (Å²) >= 11 is 6.90. The summed E-state index contributed by atoms with van der Waals surface area (Å²) in [5, 5.41) is 0. The van der Waals surface area contributed by atoms with E-state index in [1.807, 2.05) is 6.07 Å². The molecule has 0 bridgehead atoms. The fourth-order valence-electron chi connectivity index (χ4n) is 0.706. The van der Waals surface area contributed by atoms with Crippen LogP contribution >= 0.6 is 28.7 Å². The third kappa shape index (κ3) is 1.97. The average molecular weight is 232 g/mol. The van der Waals surface area contributed by atoms with Crippen molar-refractivity contribution >= 4 is 34.7 Å². The van der Waals surface area contributed by atoms with E-state index in [0.29, 0.717) is 5.56 Å². The zero-order valence-corrected chi connectivity index (χ0v) is 8.02. The lowest BCUT2D eigenvalue weighted by molar-refractivity contribution is 0.0984. The molecule has 1 aromatic carbocycles. The number of hydrogen-bond donors (Lipinski definition) is 2. The largest absolute Gasteiger partial charge is 0.299 e. The Hall–Kier alpha value is -0.480. The fraction of sp³-hybridized carbons (Fsp3) is 0. The van der Waals surface area contributed by atoms with E-state index in [1.165, 1.54) is 0 Å². The normalized spacial score (nSPS) is 9.27. The molecular formula is C7H6BrNOS. The number of carbonyl (C=O) groups is 1. The predicted octanol–water partition coefficient (Wildman–Crippen LogP) is 2.02. The van der Waals surface area contributed by atoms with Gasteiger partial charge in [0.15, 0.2) is 0 Å². The van der Waals surface area contributed by atoms with Gasteiger partial charge in [-0.25, -0.2) is 0 Å². The topological polar surface area (TPSA) is 29.1 Å². The van der Waals surface area contributed by atoms with Crippen LogP contribution in [0.25, 0.3) is 0 Å². The molecule has 0 saturated heterocycles. The van der Waals surface area contributed by atoms with Crippen molar-refractivity contribution < 1.29 is 4.79 Å². The summed E-state index contributed by atoms with van der Waals surface area (Å²) in [6.45, 7) is 0. The summed E-state index contributed by atoms with van der Waals surface area (Å²) in [6, 6.07) is 7.16. The van der Waals surface area contributed by atoms with Crippen LogP contribution in [0, 0.1) is 0 Å². The number of benzene rings is 1. The molecule has 0 unspecified atom stereocenters. The zero-order valence-electron chi connectivity index (χ0n) is 5.54. The minimum Gasteiger partial charge on any atom is -0.299 e. The van der Waals surface area contributed by atoms with Gasteiger partial charge in [-0.1, -0.05) is 24.9 Å². The van der Waals surface area contributed by atoms with Crippen molar-refractivity contribution in [2.45, 2.75) is 0 Å². The molecule has 0 aliphatic rings. The maximum absolute atomic E-state index is 11.0. The second-order valence-corrected chi connectivity index (χ2v) is 3.00. The molecule has 0 radical (unpaired) electrons. The summed E-state index contributed by atoms with van der Waals surface area (Å²) in [4.78, 5) is 11.0. The Balaban J connectivity index is 3.03. The molecule has 0 fully saturated rings. The number of nitrogens with one attached hydrogen (secondary N) is 1. The zero-order chi connectivity index (χ0) is 8.27. The van der Waals surface area contributed by atoms with Gasteiger partial charge in [0, 0.05) is 4.47 Å². The van der Waals surface area contributed by atoms with Gasteiger partial charge in [0.25, 0.3) is 5.91 Å². The molecule has 1 amide bonds. The first-order valence-corrected chi connectivity index (χ1v) is 4.18. The lowest BCUT2D eigenvalue weighted by Gasteiger charge is -1.99.